The van der Waals surface area contributed by atoms with Crippen LogP contribution in [0.5, 0.6) is 5.75 Å². The van der Waals surface area contributed by atoms with Gasteiger partial charge in [0.1, 0.15) is 18.2 Å². The predicted molar refractivity (Wildman–Crippen MR) is 63.3 cm³/mol. The highest BCUT2D eigenvalue weighted by Crippen LogP contribution is 2.11. The van der Waals surface area contributed by atoms with E-state index in [4.69, 9.17) is 4.74 Å². The van der Waals surface area contributed by atoms with Gasteiger partial charge in [0.15, 0.2) is 0 Å². The first-order valence-electron chi connectivity index (χ1n) is 5.42. The normalized spacial score (nSPS) is 10.8. The molecule has 0 bridgehead atoms. The van der Waals surface area contributed by atoms with E-state index in [2.05, 4.69) is 10.2 Å². The molecule has 3 nitrogen and oxygen atoms in total. The zero-order valence-corrected chi connectivity index (χ0v) is 9.87. The number of hydrogen-bond donors (Lipinski definition) is 1. The van der Waals surface area contributed by atoms with Gasteiger partial charge in [0.05, 0.1) is 0 Å². The van der Waals surface area contributed by atoms with E-state index < -0.39 is 0 Å². The highest BCUT2D eigenvalue weighted by Gasteiger charge is 1.95. The van der Waals surface area contributed by atoms with E-state index >= 15 is 0 Å². The molecule has 0 spiro atoms. The van der Waals surface area contributed by atoms with Crippen LogP contribution < -0.4 is 10.1 Å². The predicted octanol–water partition coefficient (Wildman–Crippen LogP) is 1.36. The Bertz CT molecular complexity index is 305. The molecule has 1 aromatic carbocycles. The van der Waals surface area contributed by atoms with Crippen LogP contribution in [0.3, 0.4) is 0 Å². The third kappa shape index (κ3) is 5.68. The van der Waals surface area contributed by atoms with Gasteiger partial charge in [0.25, 0.3) is 0 Å². The maximum atomic E-state index is 12.8. The Kier molecular flexibility index (Phi) is 5.82. The van der Waals surface area contributed by atoms with Crippen molar-refractivity contribution in [2.45, 2.75) is 0 Å². The lowest BCUT2D eigenvalue weighted by Gasteiger charge is -2.10. The third-order valence-electron chi connectivity index (χ3n) is 2.08. The summed E-state index contributed by atoms with van der Waals surface area (Å²) in [7, 11) is 4.07. The fraction of sp³-hybridized carbons (Fsp3) is 0.500. The summed E-state index contributed by atoms with van der Waals surface area (Å²) >= 11 is 0. The Balaban J connectivity index is 2.07. The number of ether oxygens (including phenoxy) is 1. The van der Waals surface area contributed by atoms with E-state index in [1.807, 2.05) is 14.1 Å². The number of nitrogens with one attached hydrogen (secondary N) is 1. The molecule has 0 aromatic heterocycles. The van der Waals surface area contributed by atoms with Gasteiger partial charge in [-0.05, 0) is 26.2 Å². The average molecular weight is 226 g/mol. The van der Waals surface area contributed by atoms with E-state index in [0.717, 1.165) is 19.6 Å². The first kappa shape index (κ1) is 12.9. The molecular weight excluding hydrogens is 207 g/mol. The van der Waals surface area contributed by atoms with Crippen LogP contribution in [-0.2, 0) is 0 Å². The molecule has 0 aliphatic carbocycles. The van der Waals surface area contributed by atoms with Gasteiger partial charge < -0.3 is 15.0 Å². The Morgan fingerprint density at radius 1 is 1.31 bits per heavy atom. The fourth-order valence-electron chi connectivity index (χ4n) is 1.23. The summed E-state index contributed by atoms with van der Waals surface area (Å²) in [5, 5.41) is 3.24. The standard InChI is InChI=1S/C12H19FN2O/c1-15(2)8-6-14-7-9-16-12-5-3-4-11(13)10-12/h3-5,10,14H,6-9H2,1-2H3. The molecule has 0 unspecified atom stereocenters. The van der Waals surface area contributed by atoms with Crippen molar-refractivity contribution < 1.29 is 9.13 Å². The summed E-state index contributed by atoms with van der Waals surface area (Å²) < 4.78 is 18.2. The molecule has 1 aromatic rings. The van der Waals surface area contributed by atoms with E-state index in [0.29, 0.717) is 12.4 Å². The molecule has 0 fully saturated rings. The summed E-state index contributed by atoms with van der Waals surface area (Å²) in [5.74, 6) is 0.312. The zero-order valence-electron chi connectivity index (χ0n) is 9.87. The molecule has 0 heterocycles. The monoisotopic (exact) mass is 226 g/mol. The van der Waals surface area contributed by atoms with E-state index in [-0.39, 0.29) is 5.82 Å². The second kappa shape index (κ2) is 7.19. The van der Waals surface area contributed by atoms with Crippen molar-refractivity contribution in [3.8, 4) is 5.75 Å². The lowest BCUT2D eigenvalue weighted by atomic mass is 10.3. The smallest absolute Gasteiger partial charge is 0.126 e. The molecule has 1 N–H and O–H groups in total. The zero-order chi connectivity index (χ0) is 11.8. The number of hydrogen-bond acceptors (Lipinski definition) is 3. The molecule has 0 atom stereocenters. The van der Waals surface area contributed by atoms with Gasteiger partial charge in [-0.2, -0.15) is 0 Å². The number of nitrogens with zero attached hydrogens (tertiary/aromatic N) is 1. The van der Waals surface area contributed by atoms with Crippen LogP contribution in [0.25, 0.3) is 0 Å². The van der Waals surface area contributed by atoms with Crippen molar-refractivity contribution >= 4 is 0 Å². The second-order valence-corrected chi connectivity index (χ2v) is 3.86. The van der Waals surface area contributed by atoms with E-state index in [1.165, 1.54) is 12.1 Å². The van der Waals surface area contributed by atoms with Gasteiger partial charge in [-0.3, -0.25) is 0 Å². The van der Waals surface area contributed by atoms with Crippen LogP contribution in [0.2, 0.25) is 0 Å². The van der Waals surface area contributed by atoms with Crippen molar-refractivity contribution in [2.75, 3.05) is 40.3 Å². The fourth-order valence-corrected chi connectivity index (χ4v) is 1.23. The van der Waals surface area contributed by atoms with Crippen molar-refractivity contribution in [3.05, 3.63) is 30.1 Å². The van der Waals surface area contributed by atoms with Crippen LogP contribution >= 0.6 is 0 Å². The maximum absolute atomic E-state index is 12.8. The van der Waals surface area contributed by atoms with Crippen molar-refractivity contribution in [1.82, 2.24) is 10.2 Å². The molecule has 1 rings (SSSR count). The molecular formula is C12H19FN2O. The lowest BCUT2D eigenvalue weighted by Crippen LogP contribution is -2.29. The molecule has 0 saturated carbocycles. The largest absolute Gasteiger partial charge is 0.492 e. The third-order valence-corrected chi connectivity index (χ3v) is 2.08. The Labute approximate surface area is 96.2 Å². The van der Waals surface area contributed by atoms with Gasteiger partial charge in [0, 0.05) is 25.7 Å². The molecule has 0 amide bonds. The minimum atomic E-state index is -0.266. The minimum absolute atomic E-state index is 0.266. The Morgan fingerprint density at radius 2 is 2.12 bits per heavy atom. The number of halogens is 1. The number of rotatable bonds is 7. The number of benzene rings is 1. The van der Waals surface area contributed by atoms with Crippen LogP contribution in [0, 0.1) is 5.82 Å². The first-order chi connectivity index (χ1) is 7.68. The average Bonchev–Trinajstić information content (AvgIpc) is 2.23. The topological polar surface area (TPSA) is 24.5 Å². The summed E-state index contributed by atoms with van der Waals surface area (Å²) in [4.78, 5) is 2.11. The maximum Gasteiger partial charge on any atom is 0.126 e. The van der Waals surface area contributed by atoms with Crippen LogP contribution in [0.1, 0.15) is 0 Å². The molecule has 16 heavy (non-hydrogen) atoms. The lowest BCUT2D eigenvalue weighted by molar-refractivity contribution is 0.307. The SMILES string of the molecule is CN(C)CCNCCOc1cccc(F)c1. The van der Waals surface area contributed by atoms with Gasteiger partial charge >= 0.3 is 0 Å². The van der Waals surface area contributed by atoms with E-state index in [9.17, 15) is 4.39 Å². The van der Waals surface area contributed by atoms with Gasteiger partial charge in [0.2, 0.25) is 0 Å². The molecule has 90 valence electrons. The van der Waals surface area contributed by atoms with Gasteiger partial charge in [-0.25, -0.2) is 4.39 Å². The van der Waals surface area contributed by atoms with Crippen LogP contribution in [-0.4, -0.2) is 45.2 Å². The van der Waals surface area contributed by atoms with Crippen molar-refractivity contribution in [2.24, 2.45) is 0 Å². The van der Waals surface area contributed by atoms with Crippen molar-refractivity contribution in [3.63, 3.8) is 0 Å². The van der Waals surface area contributed by atoms with Crippen molar-refractivity contribution in [1.29, 1.82) is 0 Å². The van der Waals surface area contributed by atoms with Gasteiger partial charge in [-0.15, -0.1) is 0 Å². The summed E-state index contributed by atoms with van der Waals surface area (Å²) in [5.41, 5.74) is 0. The van der Waals surface area contributed by atoms with Crippen LogP contribution in [0.4, 0.5) is 4.39 Å². The highest BCUT2D eigenvalue weighted by atomic mass is 19.1. The second-order valence-electron chi connectivity index (χ2n) is 3.86. The Morgan fingerprint density at radius 3 is 2.81 bits per heavy atom. The number of likely N-dealkylation sites (N-methyl/N-ethyl adjacent to an activating group) is 1. The van der Waals surface area contributed by atoms with Crippen LogP contribution in [0.15, 0.2) is 24.3 Å². The molecule has 0 saturated heterocycles. The Hall–Kier alpha value is -1.13. The molecule has 0 radical (unpaired) electrons. The minimum Gasteiger partial charge on any atom is -0.492 e. The van der Waals surface area contributed by atoms with E-state index in [1.54, 1.807) is 12.1 Å². The summed E-state index contributed by atoms with van der Waals surface area (Å²) in [6, 6.07) is 6.19. The summed E-state index contributed by atoms with van der Waals surface area (Å²) in [6.45, 7) is 3.25. The highest BCUT2D eigenvalue weighted by molar-refractivity contribution is 5.22. The first-order valence-corrected chi connectivity index (χ1v) is 5.42. The molecule has 4 heteroatoms. The summed E-state index contributed by atoms with van der Waals surface area (Å²) in [6.07, 6.45) is 0. The molecule has 0 aliphatic rings. The van der Waals surface area contributed by atoms with Gasteiger partial charge in [-0.1, -0.05) is 6.07 Å². The molecule has 0 aliphatic heterocycles. The quantitative estimate of drug-likeness (QED) is 0.710.